The van der Waals surface area contributed by atoms with E-state index in [1.165, 1.54) is 17.7 Å². The molecule has 0 aliphatic rings. The molecule has 5 rings (SSSR count). The number of hydrogen-bond acceptors (Lipinski definition) is 3. The zero-order chi connectivity index (χ0) is 20.7. The van der Waals surface area contributed by atoms with Gasteiger partial charge in [0.2, 0.25) is 0 Å². The lowest BCUT2D eigenvalue weighted by atomic mass is 10.1. The van der Waals surface area contributed by atoms with E-state index in [1.807, 2.05) is 73.3 Å². The molecule has 0 N–H and O–H groups in total. The summed E-state index contributed by atoms with van der Waals surface area (Å²) in [5.41, 5.74) is 5.40. The van der Waals surface area contributed by atoms with Gasteiger partial charge in [0.15, 0.2) is 0 Å². The predicted molar refractivity (Wildman–Crippen MR) is 118 cm³/mol. The maximum atomic E-state index is 14.1. The lowest BCUT2D eigenvalue weighted by molar-refractivity contribution is 0.340. The van der Waals surface area contributed by atoms with Gasteiger partial charge in [-0.2, -0.15) is 5.10 Å². The van der Waals surface area contributed by atoms with Crippen LogP contribution in [0.25, 0.3) is 38.8 Å². The van der Waals surface area contributed by atoms with Gasteiger partial charge in [-0.3, -0.25) is 4.98 Å². The van der Waals surface area contributed by atoms with Gasteiger partial charge in [0.05, 0.1) is 23.3 Å². The minimum absolute atomic E-state index is 0.295. The highest BCUT2D eigenvalue weighted by Gasteiger charge is 2.17. The topological polar surface area (TPSA) is 39.9 Å². The monoisotopic (exact) mass is 397 g/mol. The number of pyridine rings is 1. The first-order chi connectivity index (χ1) is 14.6. The summed E-state index contributed by atoms with van der Waals surface area (Å²) < 4.78 is 21.6. The molecular weight excluding hydrogens is 377 g/mol. The first kappa shape index (κ1) is 18.3. The van der Waals surface area contributed by atoms with Crippen LogP contribution in [0.15, 0.2) is 72.9 Å². The van der Waals surface area contributed by atoms with Crippen LogP contribution in [0.2, 0.25) is 0 Å². The highest BCUT2D eigenvalue weighted by Crippen LogP contribution is 2.34. The Balaban J connectivity index is 1.81. The number of rotatable bonds is 4. The molecular formula is C25H20FN3O. The molecule has 0 saturated heterocycles. The van der Waals surface area contributed by atoms with Crippen LogP contribution in [0.1, 0.15) is 12.5 Å². The second-order valence-corrected chi connectivity index (χ2v) is 7.24. The zero-order valence-corrected chi connectivity index (χ0v) is 16.8. The van der Waals surface area contributed by atoms with E-state index < -0.39 is 0 Å². The summed E-state index contributed by atoms with van der Waals surface area (Å²) in [6, 6.07) is 20.6. The largest absolute Gasteiger partial charge is 0.494 e. The summed E-state index contributed by atoms with van der Waals surface area (Å²) in [5, 5.41) is 6.54. The van der Waals surface area contributed by atoms with Crippen molar-refractivity contribution < 1.29 is 9.13 Å². The Morgan fingerprint density at radius 3 is 2.43 bits per heavy atom. The summed E-state index contributed by atoms with van der Waals surface area (Å²) in [4.78, 5) is 4.56. The average Bonchev–Trinajstić information content (AvgIpc) is 3.15. The van der Waals surface area contributed by atoms with E-state index in [2.05, 4.69) is 4.98 Å². The fourth-order valence-electron chi connectivity index (χ4n) is 3.72. The van der Waals surface area contributed by atoms with Crippen LogP contribution in [0.4, 0.5) is 4.39 Å². The minimum Gasteiger partial charge on any atom is -0.494 e. The lowest BCUT2D eigenvalue weighted by Crippen LogP contribution is -1.97. The van der Waals surface area contributed by atoms with Gasteiger partial charge >= 0.3 is 0 Å². The fourth-order valence-corrected chi connectivity index (χ4v) is 3.72. The zero-order valence-electron chi connectivity index (χ0n) is 16.8. The lowest BCUT2D eigenvalue weighted by Gasteiger charge is -2.06. The molecule has 0 fully saturated rings. The molecule has 4 nitrogen and oxygen atoms in total. The van der Waals surface area contributed by atoms with E-state index in [1.54, 1.807) is 6.07 Å². The van der Waals surface area contributed by atoms with Gasteiger partial charge in [-0.05, 0) is 68.4 Å². The third-order valence-electron chi connectivity index (χ3n) is 5.19. The number of aryl methyl sites for hydroxylation is 1. The van der Waals surface area contributed by atoms with Crippen LogP contribution in [0.5, 0.6) is 5.75 Å². The maximum absolute atomic E-state index is 14.1. The van der Waals surface area contributed by atoms with E-state index in [4.69, 9.17) is 9.84 Å². The van der Waals surface area contributed by atoms with Crippen molar-refractivity contribution in [3.8, 4) is 22.7 Å². The summed E-state index contributed by atoms with van der Waals surface area (Å²) >= 11 is 0. The molecule has 2 heterocycles. The van der Waals surface area contributed by atoms with E-state index in [0.717, 1.165) is 44.5 Å². The quantitative estimate of drug-likeness (QED) is 0.369. The molecule has 0 spiro atoms. The van der Waals surface area contributed by atoms with Crippen molar-refractivity contribution in [3.63, 3.8) is 0 Å². The normalized spacial score (nSPS) is 11.3. The van der Waals surface area contributed by atoms with Crippen molar-refractivity contribution >= 4 is 21.8 Å². The number of hydrogen-bond donors (Lipinski definition) is 0. The molecule has 3 aromatic carbocycles. The smallest absolute Gasteiger partial charge is 0.124 e. The molecule has 148 valence electrons. The van der Waals surface area contributed by atoms with Crippen LogP contribution in [-0.4, -0.2) is 21.4 Å². The van der Waals surface area contributed by atoms with Gasteiger partial charge in [-0.25, -0.2) is 9.07 Å². The van der Waals surface area contributed by atoms with E-state index >= 15 is 0 Å². The van der Waals surface area contributed by atoms with Crippen molar-refractivity contribution in [2.75, 3.05) is 6.61 Å². The maximum Gasteiger partial charge on any atom is 0.124 e. The van der Waals surface area contributed by atoms with Gasteiger partial charge < -0.3 is 4.74 Å². The molecule has 2 aromatic heterocycles. The summed E-state index contributed by atoms with van der Waals surface area (Å²) in [5.74, 6) is 0.519. The molecule has 5 heteroatoms. The number of aromatic nitrogens is 3. The molecule has 0 atom stereocenters. The van der Waals surface area contributed by atoms with Crippen molar-refractivity contribution in [3.05, 3.63) is 84.3 Å². The summed E-state index contributed by atoms with van der Waals surface area (Å²) in [6.45, 7) is 4.62. The minimum atomic E-state index is -0.295. The Kier molecular flexibility index (Phi) is 4.43. The highest BCUT2D eigenvalue weighted by atomic mass is 19.1. The first-order valence-corrected chi connectivity index (χ1v) is 9.91. The Morgan fingerprint density at radius 2 is 1.70 bits per heavy atom. The van der Waals surface area contributed by atoms with Crippen LogP contribution < -0.4 is 4.74 Å². The van der Waals surface area contributed by atoms with Crippen molar-refractivity contribution in [2.45, 2.75) is 13.8 Å². The predicted octanol–water partition coefficient (Wildman–Crippen LogP) is 6.09. The Morgan fingerprint density at radius 1 is 0.933 bits per heavy atom. The third-order valence-corrected chi connectivity index (χ3v) is 5.19. The third kappa shape index (κ3) is 3.08. The summed E-state index contributed by atoms with van der Waals surface area (Å²) in [7, 11) is 0. The van der Waals surface area contributed by atoms with Crippen LogP contribution in [-0.2, 0) is 0 Å². The van der Waals surface area contributed by atoms with Crippen molar-refractivity contribution in [2.24, 2.45) is 0 Å². The van der Waals surface area contributed by atoms with Crippen LogP contribution >= 0.6 is 0 Å². The average molecular weight is 397 g/mol. The van der Waals surface area contributed by atoms with Crippen LogP contribution in [0.3, 0.4) is 0 Å². The van der Waals surface area contributed by atoms with E-state index in [0.29, 0.717) is 6.61 Å². The SMILES string of the molecule is CCOc1ccc(-c2nn(-c3ccc(C)cc3)c3c2cnc2ccc(F)cc23)cc1. The molecule has 5 aromatic rings. The summed E-state index contributed by atoms with van der Waals surface area (Å²) in [6.07, 6.45) is 1.82. The molecule has 0 aliphatic carbocycles. The van der Waals surface area contributed by atoms with Gasteiger partial charge in [-0.1, -0.05) is 17.7 Å². The van der Waals surface area contributed by atoms with E-state index in [-0.39, 0.29) is 5.82 Å². The van der Waals surface area contributed by atoms with Crippen molar-refractivity contribution in [1.29, 1.82) is 0 Å². The Hall–Kier alpha value is -3.73. The molecule has 0 saturated carbocycles. The molecule has 0 unspecified atom stereocenters. The fraction of sp³-hybridized carbons (Fsp3) is 0.120. The number of fused-ring (bicyclic) bond motifs is 3. The van der Waals surface area contributed by atoms with Gasteiger partial charge in [-0.15, -0.1) is 0 Å². The Bertz CT molecular complexity index is 1360. The van der Waals surface area contributed by atoms with Gasteiger partial charge in [0, 0.05) is 22.5 Å². The Labute approximate surface area is 173 Å². The molecule has 0 amide bonds. The standard InChI is InChI=1S/C25H20FN3O/c1-3-30-20-11-6-17(7-12-20)24-22-15-27-23-13-8-18(26)14-21(23)25(22)29(28-24)19-9-4-16(2)5-10-19/h4-15H,3H2,1-2H3. The first-order valence-electron chi connectivity index (χ1n) is 9.91. The number of nitrogens with zero attached hydrogens (tertiary/aromatic N) is 3. The second-order valence-electron chi connectivity index (χ2n) is 7.24. The van der Waals surface area contributed by atoms with Gasteiger partial charge in [0.1, 0.15) is 17.3 Å². The highest BCUT2D eigenvalue weighted by molar-refractivity contribution is 6.08. The second kappa shape index (κ2) is 7.26. The van der Waals surface area contributed by atoms with E-state index in [9.17, 15) is 4.39 Å². The number of benzene rings is 3. The van der Waals surface area contributed by atoms with Crippen molar-refractivity contribution in [1.82, 2.24) is 14.8 Å². The van der Waals surface area contributed by atoms with Gasteiger partial charge in [0.25, 0.3) is 0 Å². The van der Waals surface area contributed by atoms with Crippen LogP contribution in [0, 0.1) is 12.7 Å². The molecule has 0 bridgehead atoms. The molecule has 0 radical (unpaired) electrons. The number of halogens is 1. The number of ether oxygens (including phenoxy) is 1. The molecule has 30 heavy (non-hydrogen) atoms. The molecule has 0 aliphatic heterocycles.